The Morgan fingerprint density at radius 2 is 1.92 bits per heavy atom. The number of likely N-dealkylation sites (tertiary alicyclic amines) is 1. The molecule has 0 aromatic rings. The van der Waals surface area contributed by atoms with Crippen LogP contribution >= 0.6 is 0 Å². The minimum absolute atomic E-state index is 0.270. The topological polar surface area (TPSA) is 47.7 Å². The molecular formula is C9H20N2O2. The van der Waals surface area contributed by atoms with Crippen LogP contribution in [-0.4, -0.2) is 50.6 Å². The van der Waals surface area contributed by atoms with E-state index in [0.717, 1.165) is 26.1 Å². The molecule has 0 saturated carbocycles. The molecule has 1 aliphatic heterocycles. The minimum atomic E-state index is -0.368. The summed E-state index contributed by atoms with van der Waals surface area (Å²) in [5.74, 6) is -0.368. The fraction of sp³-hybridized carbons (Fsp3) is 1.00. The lowest BCUT2D eigenvalue weighted by Gasteiger charge is -2.48. The maximum absolute atomic E-state index is 5.83. The highest BCUT2D eigenvalue weighted by molar-refractivity contribution is 4.90. The second-order valence-electron chi connectivity index (χ2n) is 3.66. The highest BCUT2D eigenvalue weighted by Crippen LogP contribution is 2.24. The lowest BCUT2D eigenvalue weighted by molar-refractivity contribution is -0.275. The molecular weight excluding hydrogens is 168 g/mol. The van der Waals surface area contributed by atoms with Crippen LogP contribution < -0.4 is 5.73 Å². The molecule has 4 nitrogen and oxygen atoms in total. The van der Waals surface area contributed by atoms with E-state index in [4.69, 9.17) is 15.2 Å². The summed E-state index contributed by atoms with van der Waals surface area (Å²) in [5, 5.41) is 0. The summed E-state index contributed by atoms with van der Waals surface area (Å²) in [6, 6.07) is 0.270. The van der Waals surface area contributed by atoms with Crippen molar-refractivity contribution in [1.29, 1.82) is 0 Å². The smallest absolute Gasteiger partial charge is 0.193 e. The molecule has 1 rings (SSSR count). The van der Waals surface area contributed by atoms with E-state index >= 15 is 0 Å². The van der Waals surface area contributed by atoms with E-state index in [1.165, 1.54) is 0 Å². The number of hydrogen-bond acceptors (Lipinski definition) is 4. The Kier molecular flexibility index (Phi) is 3.67. The van der Waals surface area contributed by atoms with Gasteiger partial charge in [-0.2, -0.15) is 0 Å². The molecule has 0 bridgehead atoms. The quantitative estimate of drug-likeness (QED) is 0.618. The first-order chi connectivity index (χ1) is 6.15. The summed E-state index contributed by atoms with van der Waals surface area (Å²) in [7, 11) is 3.36. The number of nitrogens with zero attached hydrogens (tertiary/aromatic N) is 1. The summed E-state index contributed by atoms with van der Waals surface area (Å²) in [4.78, 5) is 2.25. The molecule has 0 aromatic carbocycles. The van der Waals surface area contributed by atoms with Crippen molar-refractivity contribution in [2.24, 2.45) is 5.73 Å². The molecule has 2 N–H and O–H groups in total. The van der Waals surface area contributed by atoms with Gasteiger partial charge >= 0.3 is 0 Å². The largest absolute Gasteiger partial charge is 0.351 e. The number of hydrogen-bond donors (Lipinski definition) is 1. The Bertz CT molecular complexity index is 152. The predicted molar refractivity (Wildman–Crippen MR) is 51.5 cm³/mol. The summed E-state index contributed by atoms with van der Waals surface area (Å²) in [5.41, 5.74) is 5.83. The summed E-state index contributed by atoms with van der Waals surface area (Å²) in [6.07, 6.45) is 1.02. The third kappa shape index (κ3) is 2.40. The number of nitrogens with two attached hydrogens (primary N) is 1. The zero-order valence-electron chi connectivity index (χ0n) is 8.75. The SMILES string of the molecule is CCC(N)CN1CC(OC)(OC)C1. The fourth-order valence-corrected chi connectivity index (χ4v) is 1.57. The third-order valence-electron chi connectivity index (χ3n) is 2.69. The molecule has 1 heterocycles. The lowest BCUT2D eigenvalue weighted by atomic mass is 10.1. The molecule has 0 radical (unpaired) electrons. The van der Waals surface area contributed by atoms with E-state index in [1.807, 2.05) is 0 Å². The zero-order chi connectivity index (χ0) is 9.90. The Balaban J connectivity index is 2.24. The maximum Gasteiger partial charge on any atom is 0.193 e. The van der Waals surface area contributed by atoms with Gasteiger partial charge in [0.2, 0.25) is 0 Å². The molecule has 13 heavy (non-hydrogen) atoms. The highest BCUT2D eigenvalue weighted by atomic mass is 16.7. The van der Waals surface area contributed by atoms with Gasteiger partial charge in [-0.3, -0.25) is 4.90 Å². The van der Waals surface area contributed by atoms with Gasteiger partial charge in [-0.25, -0.2) is 0 Å². The van der Waals surface area contributed by atoms with Crippen molar-refractivity contribution >= 4 is 0 Å². The molecule has 78 valence electrons. The normalized spacial score (nSPS) is 24.0. The van der Waals surface area contributed by atoms with Crippen LogP contribution in [0.1, 0.15) is 13.3 Å². The first-order valence-corrected chi connectivity index (χ1v) is 4.74. The standard InChI is InChI=1S/C9H20N2O2/c1-4-8(10)5-11-6-9(7-11,12-2)13-3/h8H,4-7,10H2,1-3H3. The van der Waals surface area contributed by atoms with Gasteiger partial charge in [-0.15, -0.1) is 0 Å². The van der Waals surface area contributed by atoms with Gasteiger partial charge in [0.1, 0.15) is 0 Å². The molecule has 1 aliphatic rings. The Morgan fingerprint density at radius 1 is 1.38 bits per heavy atom. The van der Waals surface area contributed by atoms with Crippen molar-refractivity contribution in [3.8, 4) is 0 Å². The van der Waals surface area contributed by atoms with Crippen LogP contribution in [0.25, 0.3) is 0 Å². The molecule has 1 saturated heterocycles. The zero-order valence-corrected chi connectivity index (χ0v) is 8.75. The summed E-state index contributed by atoms with van der Waals surface area (Å²) in [6.45, 7) is 4.69. The first kappa shape index (κ1) is 10.9. The van der Waals surface area contributed by atoms with Crippen molar-refractivity contribution in [3.05, 3.63) is 0 Å². The monoisotopic (exact) mass is 188 g/mol. The van der Waals surface area contributed by atoms with E-state index in [0.29, 0.717) is 0 Å². The van der Waals surface area contributed by atoms with Crippen molar-refractivity contribution in [2.75, 3.05) is 33.9 Å². The Morgan fingerprint density at radius 3 is 2.31 bits per heavy atom. The van der Waals surface area contributed by atoms with Crippen molar-refractivity contribution in [3.63, 3.8) is 0 Å². The van der Waals surface area contributed by atoms with Gasteiger partial charge in [-0.05, 0) is 6.42 Å². The number of ether oxygens (including phenoxy) is 2. The van der Waals surface area contributed by atoms with Gasteiger partial charge in [0.25, 0.3) is 0 Å². The van der Waals surface area contributed by atoms with E-state index in [-0.39, 0.29) is 11.8 Å². The Hall–Kier alpha value is -0.160. The van der Waals surface area contributed by atoms with Gasteiger partial charge in [0, 0.05) is 26.8 Å². The van der Waals surface area contributed by atoms with Crippen LogP contribution in [0.2, 0.25) is 0 Å². The maximum atomic E-state index is 5.83. The van der Waals surface area contributed by atoms with Crippen LogP contribution in [0, 0.1) is 0 Å². The molecule has 0 aromatic heterocycles. The molecule has 1 atom stereocenters. The highest BCUT2D eigenvalue weighted by Gasteiger charge is 2.43. The second kappa shape index (κ2) is 4.37. The van der Waals surface area contributed by atoms with Crippen LogP contribution in [0.15, 0.2) is 0 Å². The average molecular weight is 188 g/mol. The summed E-state index contributed by atoms with van der Waals surface area (Å²) >= 11 is 0. The molecule has 0 spiro atoms. The molecule has 1 unspecified atom stereocenters. The Labute approximate surface area is 80.0 Å². The van der Waals surface area contributed by atoms with E-state index in [9.17, 15) is 0 Å². The van der Waals surface area contributed by atoms with Crippen molar-refractivity contribution in [2.45, 2.75) is 25.2 Å². The van der Waals surface area contributed by atoms with Crippen LogP contribution in [-0.2, 0) is 9.47 Å². The molecule has 1 fully saturated rings. The molecule has 0 amide bonds. The van der Waals surface area contributed by atoms with Crippen molar-refractivity contribution < 1.29 is 9.47 Å². The van der Waals surface area contributed by atoms with Gasteiger partial charge in [-0.1, -0.05) is 6.92 Å². The van der Waals surface area contributed by atoms with E-state index < -0.39 is 0 Å². The third-order valence-corrected chi connectivity index (χ3v) is 2.69. The summed E-state index contributed by atoms with van der Waals surface area (Å²) < 4.78 is 10.5. The number of rotatable bonds is 5. The lowest BCUT2D eigenvalue weighted by Crippen LogP contribution is -2.65. The van der Waals surface area contributed by atoms with E-state index in [2.05, 4.69) is 11.8 Å². The van der Waals surface area contributed by atoms with Crippen molar-refractivity contribution in [1.82, 2.24) is 4.90 Å². The van der Waals surface area contributed by atoms with Crippen LogP contribution in [0.5, 0.6) is 0 Å². The minimum Gasteiger partial charge on any atom is -0.351 e. The molecule has 4 heteroatoms. The van der Waals surface area contributed by atoms with E-state index in [1.54, 1.807) is 14.2 Å². The average Bonchev–Trinajstić information content (AvgIpc) is 2.10. The van der Waals surface area contributed by atoms with Gasteiger partial charge < -0.3 is 15.2 Å². The van der Waals surface area contributed by atoms with Gasteiger partial charge in [0.05, 0.1) is 13.1 Å². The predicted octanol–water partition coefficient (Wildman–Crippen LogP) is 0.0284. The first-order valence-electron chi connectivity index (χ1n) is 4.74. The number of methoxy groups -OCH3 is 2. The molecule has 0 aliphatic carbocycles. The van der Waals surface area contributed by atoms with Crippen LogP contribution in [0.3, 0.4) is 0 Å². The van der Waals surface area contributed by atoms with Crippen LogP contribution in [0.4, 0.5) is 0 Å². The second-order valence-corrected chi connectivity index (χ2v) is 3.66. The van der Waals surface area contributed by atoms with Gasteiger partial charge in [0.15, 0.2) is 5.79 Å². The fourth-order valence-electron chi connectivity index (χ4n) is 1.57.